The summed E-state index contributed by atoms with van der Waals surface area (Å²) in [6.45, 7) is 3.60. The van der Waals surface area contributed by atoms with E-state index in [1.54, 1.807) is 13.8 Å². The normalized spacial score (nSPS) is 12.7. The zero-order chi connectivity index (χ0) is 16.8. The largest absolute Gasteiger partial charge is 0.481 e. The molecule has 0 fully saturated rings. The maximum absolute atomic E-state index is 13.1. The van der Waals surface area contributed by atoms with Gasteiger partial charge in [0.15, 0.2) is 0 Å². The molecule has 0 aliphatic carbocycles. The Hall–Kier alpha value is -1.95. The summed E-state index contributed by atoms with van der Waals surface area (Å²) in [5, 5.41) is 21.7. The molecule has 1 rings (SSSR count). The number of halogens is 1. The Balaban J connectivity index is 2.73. The first-order valence-corrected chi connectivity index (χ1v) is 7.28. The average Bonchev–Trinajstić information content (AvgIpc) is 2.45. The fourth-order valence-electron chi connectivity index (χ4n) is 2.36. The van der Waals surface area contributed by atoms with E-state index >= 15 is 0 Å². The number of aliphatic hydroxyl groups is 1. The number of carboxylic acids is 1. The molecule has 0 radical (unpaired) electrons. The number of benzene rings is 1. The maximum atomic E-state index is 13.1. The van der Waals surface area contributed by atoms with Crippen molar-refractivity contribution in [2.24, 2.45) is 0 Å². The van der Waals surface area contributed by atoms with Gasteiger partial charge in [0.2, 0.25) is 5.91 Å². The van der Waals surface area contributed by atoms with Gasteiger partial charge in [0.05, 0.1) is 18.9 Å². The van der Waals surface area contributed by atoms with Crippen molar-refractivity contribution in [1.29, 1.82) is 0 Å². The summed E-state index contributed by atoms with van der Waals surface area (Å²) < 4.78 is 13.1. The number of amides is 1. The quantitative estimate of drug-likeness (QED) is 0.688. The van der Waals surface area contributed by atoms with E-state index in [0.717, 1.165) is 0 Å². The van der Waals surface area contributed by atoms with Crippen molar-refractivity contribution in [3.05, 3.63) is 35.6 Å². The summed E-state index contributed by atoms with van der Waals surface area (Å²) in [5.41, 5.74) is -0.517. The van der Waals surface area contributed by atoms with Gasteiger partial charge in [-0.3, -0.25) is 9.59 Å². The summed E-state index contributed by atoms with van der Waals surface area (Å²) in [7, 11) is 0. The van der Waals surface area contributed by atoms with Crippen LogP contribution in [0.3, 0.4) is 0 Å². The van der Waals surface area contributed by atoms with E-state index in [0.29, 0.717) is 18.4 Å². The van der Waals surface area contributed by atoms with Crippen LogP contribution in [0.25, 0.3) is 0 Å². The number of rotatable bonds is 8. The average molecular weight is 311 g/mol. The monoisotopic (exact) mass is 311 g/mol. The van der Waals surface area contributed by atoms with Gasteiger partial charge in [-0.2, -0.15) is 0 Å². The molecule has 0 bridgehead atoms. The highest BCUT2D eigenvalue weighted by molar-refractivity contribution is 5.79. The third-order valence-corrected chi connectivity index (χ3v) is 3.86. The van der Waals surface area contributed by atoms with Crippen molar-refractivity contribution in [3.8, 4) is 0 Å². The maximum Gasteiger partial charge on any atom is 0.305 e. The Labute approximate surface area is 129 Å². The van der Waals surface area contributed by atoms with Crippen LogP contribution in [0.2, 0.25) is 0 Å². The Kier molecular flexibility index (Phi) is 6.49. The molecule has 1 unspecified atom stereocenters. The number of aliphatic carboxylic acids is 1. The van der Waals surface area contributed by atoms with Crippen molar-refractivity contribution in [1.82, 2.24) is 5.32 Å². The second-order valence-electron chi connectivity index (χ2n) is 5.38. The van der Waals surface area contributed by atoms with Crippen molar-refractivity contribution < 1.29 is 24.2 Å². The van der Waals surface area contributed by atoms with Crippen LogP contribution in [0.1, 0.15) is 51.2 Å². The minimum absolute atomic E-state index is 0.179. The predicted molar refractivity (Wildman–Crippen MR) is 79.7 cm³/mol. The second kappa shape index (κ2) is 7.89. The topological polar surface area (TPSA) is 86.6 Å². The van der Waals surface area contributed by atoms with Crippen LogP contribution < -0.4 is 5.32 Å². The molecule has 1 atom stereocenters. The number of carbonyl (C=O) groups is 2. The van der Waals surface area contributed by atoms with E-state index in [-0.39, 0.29) is 12.8 Å². The van der Waals surface area contributed by atoms with Crippen LogP contribution in [0.15, 0.2) is 24.3 Å². The number of hydrogen-bond acceptors (Lipinski definition) is 3. The minimum Gasteiger partial charge on any atom is -0.481 e. The van der Waals surface area contributed by atoms with Crippen LogP contribution in [-0.2, 0) is 9.59 Å². The fourth-order valence-corrected chi connectivity index (χ4v) is 2.36. The standard InChI is InChI=1S/C16H22FNO4/c1-3-16(4-2,10-15(21)22)18-14(20)9-13(19)11-6-5-7-12(17)8-11/h5-8,13,19H,3-4,9-10H2,1-2H3,(H,18,20)(H,21,22). The van der Waals surface area contributed by atoms with Crippen LogP contribution in [-0.4, -0.2) is 27.6 Å². The molecule has 0 aromatic heterocycles. The highest BCUT2D eigenvalue weighted by atomic mass is 19.1. The Morgan fingerprint density at radius 2 is 1.95 bits per heavy atom. The van der Waals surface area contributed by atoms with Gasteiger partial charge in [-0.15, -0.1) is 0 Å². The molecular formula is C16H22FNO4. The summed E-state index contributed by atoms with van der Waals surface area (Å²) in [6, 6.07) is 5.41. The van der Waals surface area contributed by atoms with Crippen LogP contribution in [0.5, 0.6) is 0 Å². The molecule has 5 nitrogen and oxygen atoms in total. The predicted octanol–water partition coefficient (Wildman–Crippen LogP) is 2.40. The number of nitrogens with one attached hydrogen (secondary N) is 1. The van der Waals surface area contributed by atoms with E-state index in [1.165, 1.54) is 24.3 Å². The van der Waals surface area contributed by atoms with Crippen molar-refractivity contribution in [2.45, 2.75) is 51.2 Å². The van der Waals surface area contributed by atoms with E-state index in [9.17, 15) is 19.1 Å². The van der Waals surface area contributed by atoms with Gasteiger partial charge >= 0.3 is 5.97 Å². The number of aliphatic hydroxyl groups excluding tert-OH is 1. The third-order valence-electron chi connectivity index (χ3n) is 3.86. The van der Waals surface area contributed by atoms with Gasteiger partial charge in [0.1, 0.15) is 5.82 Å². The molecule has 1 aromatic carbocycles. The molecule has 1 aromatic rings. The fraction of sp³-hybridized carbons (Fsp3) is 0.500. The number of carbonyl (C=O) groups excluding carboxylic acids is 1. The molecule has 22 heavy (non-hydrogen) atoms. The molecule has 0 heterocycles. The molecular weight excluding hydrogens is 289 g/mol. The molecule has 0 aliphatic rings. The van der Waals surface area contributed by atoms with Gasteiger partial charge in [-0.25, -0.2) is 4.39 Å². The molecule has 6 heteroatoms. The summed E-state index contributed by atoms with van der Waals surface area (Å²) in [6.07, 6.45) is -0.617. The van der Waals surface area contributed by atoms with Crippen LogP contribution in [0, 0.1) is 5.82 Å². The molecule has 1 amide bonds. The minimum atomic E-state index is -1.13. The summed E-state index contributed by atoms with van der Waals surface area (Å²) in [5.74, 6) is -1.93. The number of carboxylic acid groups (broad SMARTS) is 1. The van der Waals surface area contributed by atoms with Crippen molar-refractivity contribution in [3.63, 3.8) is 0 Å². The van der Waals surface area contributed by atoms with Crippen LogP contribution in [0.4, 0.5) is 4.39 Å². The Morgan fingerprint density at radius 1 is 1.32 bits per heavy atom. The van der Waals surface area contributed by atoms with Gasteiger partial charge < -0.3 is 15.5 Å². The van der Waals surface area contributed by atoms with E-state index in [4.69, 9.17) is 5.11 Å². The summed E-state index contributed by atoms with van der Waals surface area (Å²) >= 11 is 0. The lowest BCUT2D eigenvalue weighted by Crippen LogP contribution is -2.49. The van der Waals surface area contributed by atoms with Gasteiger partial charge in [-0.1, -0.05) is 26.0 Å². The first-order valence-electron chi connectivity index (χ1n) is 7.28. The Morgan fingerprint density at radius 3 is 2.45 bits per heavy atom. The van der Waals surface area contributed by atoms with Crippen molar-refractivity contribution in [2.75, 3.05) is 0 Å². The SMILES string of the molecule is CCC(CC)(CC(=O)O)NC(=O)CC(O)c1cccc(F)c1. The second-order valence-corrected chi connectivity index (χ2v) is 5.38. The first kappa shape index (κ1) is 18.1. The van der Waals surface area contributed by atoms with E-state index in [2.05, 4.69) is 5.32 Å². The van der Waals surface area contributed by atoms with E-state index in [1.807, 2.05) is 0 Å². The summed E-state index contributed by atoms with van der Waals surface area (Å²) in [4.78, 5) is 23.0. The molecule has 3 N–H and O–H groups in total. The number of hydrogen-bond donors (Lipinski definition) is 3. The first-order chi connectivity index (χ1) is 10.3. The Bertz CT molecular complexity index is 529. The highest BCUT2D eigenvalue weighted by Gasteiger charge is 2.31. The van der Waals surface area contributed by atoms with Crippen molar-refractivity contribution >= 4 is 11.9 Å². The van der Waals surface area contributed by atoms with Gasteiger partial charge in [0, 0.05) is 5.54 Å². The van der Waals surface area contributed by atoms with Crippen LogP contribution >= 0.6 is 0 Å². The lowest BCUT2D eigenvalue weighted by Gasteiger charge is -2.31. The molecule has 122 valence electrons. The molecule has 0 saturated carbocycles. The highest BCUT2D eigenvalue weighted by Crippen LogP contribution is 2.22. The third kappa shape index (κ3) is 5.11. The van der Waals surface area contributed by atoms with Gasteiger partial charge in [0.25, 0.3) is 0 Å². The van der Waals surface area contributed by atoms with E-state index < -0.39 is 29.3 Å². The molecule has 0 spiro atoms. The molecule has 0 saturated heterocycles. The lowest BCUT2D eigenvalue weighted by atomic mass is 9.88. The lowest BCUT2D eigenvalue weighted by molar-refractivity contribution is -0.139. The zero-order valence-electron chi connectivity index (χ0n) is 12.8. The zero-order valence-corrected chi connectivity index (χ0v) is 12.8. The molecule has 0 aliphatic heterocycles. The van der Waals surface area contributed by atoms with Gasteiger partial charge in [-0.05, 0) is 30.5 Å². The smallest absolute Gasteiger partial charge is 0.305 e.